The van der Waals surface area contributed by atoms with Gasteiger partial charge in [0.05, 0.1) is 12.5 Å². The SMILES string of the molecule is O=C(O)C1CCC(NCCc2cccc(OCCCc3ccccc3)c2)CC1. The lowest BCUT2D eigenvalue weighted by molar-refractivity contribution is -0.142. The van der Waals surface area contributed by atoms with E-state index in [2.05, 4.69) is 47.8 Å². The molecule has 0 aliphatic heterocycles. The lowest BCUT2D eigenvalue weighted by Crippen LogP contribution is -2.36. The first kappa shape index (κ1) is 20.4. The summed E-state index contributed by atoms with van der Waals surface area (Å²) in [5.41, 5.74) is 2.62. The first-order valence-corrected chi connectivity index (χ1v) is 10.4. The molecule has 2 aromatic carbocycles. The van der Waals surface area contributed by atoms with Crippen LogP contribution in [0.25, 0.3) is 0 Å². The number of ether oxygens (including phenoxy) is 1. The molecule has 0 unspecified atom stereocenters. The molecule has 1 saturated carbocycles. The van der Waals surface area contributed by atoms with E-state index in [9.17, 15) is 4.79 Å². The third kappa shape index (κ3) is 6.68. The van der Waals surface area contributed by atoms with Crippen molar-refractivity contribution in [3.8, 4) is 5.75 Å². The fourth-order valence-electron chi connectivity index (χ4n) is 3.87. The van der Waals surface area contributed by atoms with Gasteiger partial charge in [-0.2, -0.15) is 0 Å². The topological polar surface area (TPSA) is 58.6 Å². The first-order chi connectivity index (χ1) is 13.7. The molecule has 0 aromatic heterocycles. The molecule has 150 valence electrons. The fraction of sp³-hybridized carbons (Fsp3) is 0.458. The lowest BCUT2D eigenvalue weighted by atomic mass is 9.86. The minimum atomic E-state index is -0.640. The maximum absolute atomic E-state index is 11.0. The Labute approximate surface area is 167 Å². The van der Waals surface area contributed by atoms with Crippen LogP contribution in [0.2, 0.25) is 0 Å². The smallest absolute Gasteiger partial charge is 0.306 e. The number of carbonyl (C=O) groups is 1. The van der Waals surface area contributed by atoms with Crippen molar-refractivity contribution in [1.82, 2.24) is 5.32 Å². The van der Waals surface area contributed by atoms with Gasteiger partial charge in [-0.15, -0.1) is 0 Å². The van der Waals surface area contributed by atoms with Crippen LogP contribution in [0.15, 0.2) is 54.6 Å². The summed E-state index contributed by atoms with van der Waals surface area (Å²) in [7, 11) is 0. The summed E-state index contributed by atoms with van der Waals surface area (Å²) < 4.78 is 5.92. The van der Waals surface area contributed by atoms with Crippen LogP contribution in [-0.2, 0) is 17.6 Å². The van der Waals surface area contributed by atoms with Crippen molar-refractivity contribution >= 4 is 5.97 Å². The Bertz CT molecular complexity index is 724. The summed E-state index contributed by atoms with van der Waals surface area (Å²) >= 11 is 0. The summed E-state index contributed by atoms with van der Waals surface area (Å²) in [6.07, 6.45) is 6.51. The van der Waals surface area contributed by atoms with E-state index >= 15 is 0 Å². The van der Waals surface area contributed by atoms with Gasteiger partial charge in [-0.1, -0.05) is 42.5 Å². The average molecular weight is 382 g/mol. The van der Waals surface area contributed by atoms with Crippen LogP contribution < -0.4 is 10.1 Å². The second-order valence-electron chi connectivity index (χ2n) is 7.68. The summed E-state index contributed by atoms with van der Waals surface area (Å²) in [6.45, 7) is 1.64. The number of hydrogen-bond acceptors (Lipinski definition) is 3. The summed E-state index contributed by atoms with van der Waals surface area (Å²) in [5.74, 6) is 0.153. The Hall–Kier alpha value is -2.33. The molecule has 4 nitrogen and oxygen atoms in total. The van der Waals surface area contributed by atoms with Crippen LogP contribution in [0.4, 0.5) is 0 Å². The molecule has 1 fully saturated rings. The minimum absolute atomic E-state index is 0.145. The zero-order valence-corrected chi connectivity index (χ0v) is 16.5. The molecule has 0 bridgehead atoms. The molecule has 0 atom stereocenters. The number of carboxylic acids is 1. The molecule has 2 aromatic rings. The lowest BCUT2D eigenvalue weighted by Gasteiger charge is -2.27. The van der Waals surface area contributed by atoms with Crippen molar-refractivity contribution in [3.63, 3.8) is 0 Å². The van der Waals surface area contributed by atoms with E-state index in [0.717, 1.165) is 63.8 Å². The van der Waals surface area contributed by atoms with Crippen molar-refractivity contribution < 1.29 is 14.6 Å². The fourth-order valence-corrected chi connectivity index (χ4v) is 3.87. The minimum Gasteiger partial charge on any atom is -0.494 e. The molecule has 0 radical (unpaired) electrons. The van der Waals surface area contributed by atoms with E-state index in [1.165, 1.54) is 11.1 Å². The van der Waals surface area contributed by atoms with Gasteiger partial charge in [0.1, 0.15) is 5.75 Å². The number of aryl methyl sites for hydroxylation is 1. The van der Waals surface area contributed by atoms with E-state index < -0.39 is 5.97 Å². The van der Waals surface area contributed by atoms with Gasteiger partial charge in [-0.05, 0) is 74.8 Å². The van der Waals surface area contributed by atoms with Gasteiger partial charge in [0.15, 0.2) is 0 Å². The quantitative estimate of drug-likeness (QED) is 0.596. The normalized spacial score (nSPS) is 19.3. The Morgan fingerprint density at radius 1 is 0.964 bits per heavy atom. The highest BCUT2D eigenvalue weighted by atomic mass is 16.5. The predicted molar refractivity (Wildman–Crippen MR) is 112 cm³/mol. The van der Waals surface area contributed by atoms with Gasteiger partial charge in [0.2, 0.25) is 0 Å². The second-order valence-corrected chi connectivity index (χ2v) is 7.68. The second kappa shape index (κ2) is 10.9. The molecule has 1 aliphatic carbocycles. The Morgan fingerprint density at radius 3 is 2.46 bits per heavy atom. The van der Waals surface area contributed by atoms with Gasteiger partial charge in [0, 0.05) is 6.04 Å². The number of rotatable bonds is 10. The summed E-state index contributed by atoms with van der Waals surface area (Å²) in [5, 5.41) is 12.7. The summed E-state index contributed by atoms with van der Waals surface area (Å²) in [4.78, 5) is 11.0. The highest BCUT2D eigenvalue weighted by molar-refractivity contribution is 5.70. The molecular formula is C24H31NO3. The van der Waals surface area contributed by atoms with E-state index in [1.54, 1.807) is 0 Å². The van der Waals surface area contributed by atoms with Crippen LogP contribution in [0.3, 0.4) is 0 Å². The van der Waals surface area contributed by atoms with Gasteiger partial charge in [0.25, 0.3) is 0 Å². The molecule has 4 heteroatoms. The molecule has 0 saturated heterocycles. The Kier molecular flexibility index (Phi) is 7.92. The van der Waals surface area contributed by atoms with Crippen LogP contribution in [-0.4, -0.2) is 30.3 Å². The van der Waals surface area contributed by atoms with Crippen molar-refractivity contribution in [2.24, 2.45) is 5.92 Å². The number of nitrogens with one attached hydrogen (secondary N) is 1. The molecule has 2 N–H and O–H groups in total. The van der Waals surface area contributed by atoms with Crippen molar-refractivity contribution in [1.29, 1.82) is 0 Å². The molecule has 0 heterocycles. The van der Waals surface area contributed by atoms with Crippen LogP contribution in [0, 0.1) is 5.92 Å². The molecule has 3 rings (SSSR count). The molecule has 0 amide bonds. The number of carboxylic acid groups (broad SMARTS) is 1. The molecule has 28 heavy (non-hydrogen) atoms. The predicted octanol–water partition coefficient (Wildman–Crippen LogP) is 4.47. The van der Waals surface area contributed by atoms with Crippen molar-refractivity contribution in [2.45, 2.75) is 51.0 Å². The number of hydrogen-bond donors (Lipinski definition) is 2. The van der Waals surface area contributed by atoms with Crippen LogP contribution in [0.1, 0.15) is 43.2 Å². The average Bonchev–Trinajstić information content (AvgIpc) is 2.73. The molecular weight excluding hydrogens is 350 g/mol. The van der Waals surface area contributed by atoms with Crippen molar-refractivity contribution in [3.05, 3.63) is 65.7 Å². The van der Waals surface area contributed by atoms with Gasteiger partial charge in [-0.3, -0.25) is 4.79 Å². The monoisotopic (exact) mass is 381 g/mol. The summed E-state index contributed by atoms with van der Waals surface area (Å²) in [6, 6.07) is 19.3. The maximum Gasteiger partial charge on any atom is 0.306 e. The highest BCUT2D eigenvalue weighted by Gasteiger charge is 2.25. The zero-order valence-electron chi connectivity index (χ0n) is 16.5. The van der Waals surface area contributed by atoms with E-state index in [-0.39, 0.29) is 5.92 Å². The maximum atomic E-state index is 11.0. The van der Waals surface area contributed by atoms with Gasteiger partial charge in [-0.25, -0.2) is 0 Å². The Morgan fingerprint density at radius 2 is 1.71 bits per heavy atom. The van der Waals surface area contributed by atoms with Crippen LogP contribution >= 0.6 is 0 Å². The van der Waals surface area contributed by atoms with E-state index in [0.29, 0.717) is 6.04 Å². The number of aliphatic carboxylic acids is 1. The third-order valence-corrected chi connectivity index (χ3v) is 5.54. The zero-order chi connectivity index (χ0) is 19.6. The largest absolute Gasteiger partial charge is 0.494 e. The molecule has 1 aliphatic rings. The highest BCUT2D eigenvalue weighted by Crippen LogP contribution is 2.24. The van der Waals surface area contributed by atoms with E-state index in [1.807, 2.05) is 12.1 Å². The molecule has 0 spiro atoms. The van der Waals surface area contributed by atoms with Gasteiger partial charge >= 0.3 is 5.97 Å². The Balaban J connectivity index is 1.34. The number of benzene rings is 2. The standard InChI is InChI=1S/C24H31NO3/c26-24(27)21-11-13-22(14-12-21)25-16-15-20-8-4-10-23(18-20)28-17-5-9-19-6-2-1-3-7-19/h1-4,6-8,10,18,21-22,25H,5,9,11-17H2,(H,26,27). The third-order valence-electron chi connectivity index (χ3n) is 5.54. The van der Waals surface area contributed by atoms with Gasteiger partial charge < -0.3 is 15.2 Å². The van der Waals surface area contributed by atoms with Crippen LogP contribution in [0.5, 0.6) is 5.75 Å². The first-order valence-electron chi connectivity index (χ1n) is 10.4. The van der Waals surface area contributed by atoms with E-state index in [4.69, 9.17) is 9.84 Å². The van der Waals surface area contributed by atoms with Crippen molar-refractivity contribution in [2.75, 3.05) is 13.2 Å².